The highest BCUT2D eigenvalue weighted by Crippen LogP contribution is 2.26. The van der Waals surface area contributed by atoms with E-state index >= 15 is 0 Å². The van der Waals surface area contributed by atoms with Crippen molar-refractivity contribution in [2.24, 2.45) is 0 Å². The van der Waals surface area contributed by atoms with Crippen molar-refractivity contribution in [1.29, 1.82) is 0 Å². The van der Waals surface area contributed by atoms with Crippen LogP contribution in [0.2, 0.25) is 0 Å². The average molecular weight is 280 g/mol. The van der Waals surface area contributed by atoms with Gasteiger partial charge in [0.1, 0.15) is 5.75 Å². The second kappa shape index (κ2) is 4.90. The summed E-state index contributed by atoms with van der Waals surface area (Å²) in [5, 5.41) is 11.5. The summed E-state index contributed by atoms with van der Waals surface area (Å²) < 4.78 is 5.23. The maximum absolute atomic E-state index is 12.7. The van der Waals surface area contributed by atoms with E-state index in [9.17, 15) is 9.59 Å². The van der Waals surface area contributed by atoms with Gasteiger partial charge >= 0.3 is 5.97 Å². The molecule has 3 rings (SSSR count). The Morgan fingerprint density at radius 3 is 2.48 bits per heavy atom. The molecular weight excluding hydrogens is 268 g/mol. The third-order valence-electron chi connectivity index (χ3n) is 3.47. The van der Waals surface area contributed by atoms with Gasteiger partial charge < -0.3 is 9.84 Å². The number of hydrogen-bond acceptors (Lipinski definition) is 3. The molecule has 0 aromatic heterocycles. The van der Waals surface area contributed by atoms with E-state index in [-0.39, 0.29) is 16.7 Å². The minimum Gasteiger partial charge on any atom is -0.496 e. The van der Waals surface area contributed by atoms with Crippen molar-refractivity contribution >= 4 is 27.5 Å². The van der Waals surface area contributed by atoms with Crippen LogP contribution >= 0.6 is 0 Å². The van der Waals surface area contributed by atoms with Crippen molar-refractivity contribution in [3.05, 3.63) is 64.3 Å². The van der Waals surface area contributed by atoms with E-state index in [0.717, 1.165) is 5.39 Å². The Labute approximate surface area is 120 Å². The zero-order chi connectivity index (χ0) is 15.0. The van der Waals surface area contributed by atoms with Gasteiger partial charge in [-0.25, -0.2) is 4.79 Å². The van der Waals surface area contributed by atoms with E-state index in [1.165, 1.54) is 19.2 Å². The molecule has 21 heavy (non-hydrogen) atoms. The molecule has 0 atom stereocenters. The molecule has 4 nitrogen and oxygen atoms in total. The number of benzene rings is 2. The third-order valence-corrected chi connectivity index (χ3v) is 3.47. The van der Waals surface area contributed by atoms with Gasteiger partial charge in [0.05, 0.1) is 18.1 Å². The number of ether oxygens (including phenoxy) is 1. The Bertz CT molecular complexity index is 929. The Kier molecular flexibility index (Phi) is 3.06. The van der Waals surface area contributed by atoms with Gasteiger partial charge in [-0.1, -0.05) is 36.4 Å². The van der Waals surface area contributed by atoms with Crippen LogP contribution in [0.4, 0.5) is 0 Å². The Morgan fingerprint density at radius 1 is 1.05 bits per heavy atom. The predicted octanol–water partition coefficient (Wildman–Crippen LogP) is 3.06. The highest BCUT2D eigenvalue weighted by atomic mass is 16.5. The fourth-order valence-electron chi connectivity index (χ4n) is 2.46. The first-order chi connectivity index (χ1) is 10.1. The van der Waals surface area contributed by atoms with Crippen LogP contribution in [0.1, 0.15) is 10.4 Å². The fraction of sp³-hybridized carbons (Fsp3) is 0.0588. The lowest BCUT2D eigenvalue weighted by atomic mass is 10.1. The summed E-state index contributed by atoms with van der Waals surface area (Å²) >= 11 is 0. The number of aromatic carboxylic acids is 1. The molecule has 0 radical (unpaired) electrons. The van der Waals surface area contributed by atoms with E-state index in [0.29, 0.717) is 16.2 Å². The summed E-state index contributed by atoms with van der Waals surface area (Å²) in [6, 6.07) is 13.7. The average Bonchev–Trinajstić information content (AvgIpc) is 2.64. The lowest BCUT2D eigenvalue weighted by Crippen LogP contribution is -2.03. The zero-order valence-electron chi connectivity index (χ0n) is 11.3. The number of hydrogen-bond donors (Lipinski definition) is 1. The van der Waals surface area contributed by atoms with Crippen molar-refractivity contribution in [1.82, 2.24) is 0 Å². The molecule has 0 fully saturated rings. The molecule has 0 saturated heterocycles. The molecule has 0 saturated carbocycles. The molecule has 3 aromatic carbocycles. The molecule has 0 amide bonds. The zero-order valence-corrected chi connectivity index (χ0v) is 11.3. The molecule has 1 N–H and O–H groups in total. The SMILES string of the molecule is COc1cc(C(=O)O)cc2ccc3ccccc3c(=O)c12. The molecule has 0 unspecified atom stereocenters. The minimum atomic E-state index is -1.06. The highest BCUT2D eigenvalue weighted by molar-refractivity contribution is 6.00. The van der Waals surface area contributed by atoms with Crippen molar-refractivity contribution in [2.45, 2.75) is 0 Å². The second-order valence-electron chi connectivity index (χ2n) is 4.70. The molecular formula is C17H12O4. The standard InChI is InChI=1S/C17H12O4/c1-21-14-9-12(17(19)20)8-11-7-6-10-4-2-3-5-13(10)16(18)15(11)14/h2-9H,1H3,(H,19,20). The van der Waals surface area contributed by atoms with Crippen molar-refractivity contribution in [3.8, 4) is 5.75 Å². The van der Waals surface area contributed by atoms with Gasteiger partial charge in [0.2, 0.25) is 0 Å². The van der Waals surface area contributed by atoms with Crippen LogP contribution in [0.25, 0.3) is 21.5 Å². The molecule has 0 aliphatic carbocycles. The number of rotatable bonds is 2. The van der Waals surface area contributed by atoms with Gasteiger partial charge in [-0.05, 0) is 22.9 Å². The number of fused-ring (bicyclic) bond motifs is 2. The Hall–Kier alpha value is -2.88. The van der Waals surface area contributed by atoms with Gasteiger partial charge in [0.25, 0.3) is 0 Å². The predicted molar refractivity (Wildman–Crippen MR) is 81.2 cm³/mol. The van der Waals surface area contributed by atoms with Crippen LogP contribution in [0.3, 0.4) is 0 Å². The summed E-state index contributed by atoms with van der Waals surface area (Å²) in [6.45, 7) is 0. The quantitative estimate of drug-likeness (QED) is 0.783. The van der Waals surface area contributed by atoms with Crippen molar-refractivity contribution in [2.75, 3.05) is 7.11 Å². The lowest BCUT2D eigenvalue weighted by molar-refractivity contribution is 0.0696. The van der Waals surface area contributed by atoms with Crippen LogP contribution in [-0.4, -0.2) is 18.2 Å². The maximum atomic E-state index is 12.7. The monoisotopic (exact) mass is 280 g/mol. The third kappa shape index (κ3) is 2.10. The molecule has 4 heteroatoms. The van der Waals surface area contributed by atoms with Gasteiger partial charge in [-0.15, -0.1) is 0 Å². The fourth-order valence-corrected chi connectivity index (χ4v) is 2.46. The first-order valence-corrected chi connectivity index (χ1v) is 6.39. The molecule has 3 aromatic rings. The van der Waals surface area contributed by atoms with Crippen LogP contribution in [0.15, 0.2) is 53.3 Å². The first-order valence-electron chi connectivity index (χ1n) is 6.39. The number of methoxy groups -OCH3 is 1. The highest BCUT2D eigenvalue weighted by Gasteiger charge is 2.12. The maximum Gasteiger partial charge on any atom is 0.335 e. The van der Waals surface area contributed by atoms with Crippen molar-refractivity contribution in [3.63, 3.8) is 0 Å². The molecule has 0 heterocycles. The molecule has 0 aliphatic rings. The normalized spacial score (nSPS) is 10.7. The van der Waals surface area contributed by atoms with E-state index in [1.54, 1.807) is 18.2 Å². The second-order valence-corrected chi connectivity index (χ2v) is 4.70. The molecule has 0 aliphatic heterocycles. The molecule has 0 bridgehead atoms. The minimum absolute atomic E-state index is 0.0917. The van der Waals surface area contributed by atoms with Gasteiger partial charge in [-0.2, -0.15) is 0 Å². The smallest absolute Gasteiger partial charge is 0.335 e. The lowest BCUT2D eigenvalue weighted by Gasteiger charge is -2.04. The molecule has 104 valence electrons. The summed E-state index contributed by atoms with van der Waals surface area (Å²) in [6.07, 6.45) is 0. The van der Waals surface area contributed by atoms with Gasteiger partial charge in [0.15, 0.2) is 5.43 Å². The summed E-state index contributed by atoms with van der Waals surface area (Å²) in [4.78, 5) is 23.9. The topological polar surface area (TPSA) is 63.6 Å². The summed E-state index contributed by atoms with van der Waals surface area (Å²) in [5.41, 5.74) is -0.0756. The van der Waals surface area contributed by atoms with E-state index < -0.39 is 5.97 Å². The molecule has 0 spiro atoms. The van der Waals surface area contributed by atoms with E-state index in [1.807, 2.05) is 18.2 Å². The van der Waals surface area contributed by atoms with Crippen LogP contribution in [0.5, 0.6) is 5.75 Å². The Balaban J connectivity index is 2.58. The number of carboxylic acids is 1. The van der Waals surface area contributed by atoms with Gasteiger partial charge in [-0.3, -0.25) is 4.79 Å². The number of carbonyl (C=O) groups is 1. The Morgan fingerprint density at radius 2 is 1.76 bits per heavy atom. The summed E-state index contributed by atoms with van der Waals surface area (Å²) in [5.74, 6) is -0.782. The first kappa shape index (κ1) is 13.1. The largest absolute Gasteiger partial charge is 0.496 e. The van der Waals surface area contributed by atoms with Gasteiger partial charge in [0, 0.05) is 5.39 Å². The van der Waals surface area contributed by atoms with Crippen molar-refractivity contribution < 1.29 is 14.6 Å². The number of carboxylic acid groups (broad SMARTS) is 1. The van der Waals surface area contributed by atoms with Crippen LogP contribution in [-0.2, 0) is 0 Å². The summed E-state index contributed by atoms with van der Waals surface area (Å²) in [7, 11) is 1.43. The van der Waals surface area contributed by atoms with E-state index in [4.69, 9.17) is 9.84 Å². The van der Waals surface area contributed by atoms with Crippen LogP contribution < -0.4 is 10.2 Å². The van der Waals surface area contributed by atoms with Crippen LogP contribution in [0, 0.1) is 0 Å². The van der Waals surface area contributed by atoms with E-state index in [2.05, 4.69) is 0 Å².